The Balaban J connectivity index is 2.45. The molecule has 1 N–H and O–H groups in total. The van der Waals surface area contributed by atoms with E-state index in [0.717, 1.165) is 11.0 Å². The maximum atomic E-state index is 13.1. The van der Waals surface area contributed by atoms with Crippen LogP contribution in [0.1, 0.15) is 25.3 Å². The van der Waals surface area contributed by atoms with Gasteiger partial charge in [-0.3, -0.25) is 9.69 Å². The van der Waals surface area contributed by atoms with E-state index in [-0.39, 0.29) is 25.1 Å². The first-order valence-electron chi connectivity index (χ1n) is 6.50. The average molecular weight is 317 g/mol. The standard InChI is InChI=1S/C14H14F3NO4/c1-13(7-6-11(19)20)8-22-12(21)18(13)10-5-3-2-4-9(10)14(15,16)17/h2-5H,6-8H2,1H3,(H,19,20). The SMILES string of the molecule is CC1(CCC(=O)O)COC(=O)N1c1ccccc1C(F)(F)F. The number of halogens is 3. The van der Waals surface area contributed by atoms with Gasteiger partial charge in [-0.15, -0.1) is 0 Å². The molecule has 1 aromatic rings. The molecule has 1 atom stereocenters. The number of carbonyl (C=O) groups is 2. The van der Waals surface area contributed by atoms with Crippen molar-refractivity contribution in [2.24, 2.45) is 0 Å². The number of carboxylic acids is 1. The molecule has 8 heteroatoms. The second kappa shape index (κ2) is 5.51. The average Bonchev–Trinajstić information content (AvgIpc) is 2.72. The molecule has 0 spiro atoms. The molecule has 1 aromatic carbocycles. The number of nitrogens with zero attached hydrogens (tertiary/aromatic N) is 1. The zero-order valence-corrected chi connectivity index (χ0v) is 11.7. The maximum Gasteiger partial charge on any atom is 0.418 e. The molecule has 0 saturated carbocycles. The number of ether oxygens (including phenoxy) is 1. The molecule has 1 aliphatic heterocycles. The topological polar surface area (TPSA) is 66.8 Å². The van der Waals surface area contributed by atoms with E-state index in [2.05, 4.69) is 0 Å². The van der Waals surface area contributed by atoms with Gasteiger partial charge in [0.15, 0.2) is 0 Å². The third-order valence-corrected chi connectivity index (χ3v) is 3.56. The zero-order valence-electron chi connectivity index (χ0n) is 11.7. The summed E-state index contributed by atoms with van der Waals surface area (Å²) >= 11 is 0. The van der Waals surface area contributed by atoms with Crippen LogP contribution in [0, 0.1) is 0 Å². The molecule has 0 bridgehead atoms. The van der Waals surface area contributed by atoms with Gasteiger partial charge >= 0.3 is 18.2 Å². The monoisotopic (exact) mass is 317 g/mol. The van der Waals surface area contributed by atoms with E-state index < -0.39 is 29.3 Å². The number of alkyl halides is 3. The fourth-order valence-corrected chi connectivity index (χ4v) is 2.42. The van der Waals surface area contributed by atoms with Gasteiger partial charge in [-0.2, -0.15) is 13.2 Å². The van der Waals surface area contributed by atoms with Crippen LogP contribution in [-0.4, -0.2) is 29.3 Å². The third-order valence-electron chi connectivity index (χ3n) is 3.56. The molecule has 1 saturated heterocycles. The van der Waals surface area contributed by atoms with E-state index in [1.165, 1.54) is 25.1 Å². The molecule has 1 amide bonds. The third kappa shape index (κ3) is 3.00. The van der Waals surface area contributed by atoms with Crippen molar-refractivity contribution in [1.29, 1.82) is 0 Å². The van der Waals surface area contributed by atoms with Gasteiger partial charge in [-0.25, -0.2) is 4.79 Å². The van der Waals surface area contributed by atoms with Crippen molar-refractivity contribution in [3.05, 3.63) is 29.8 Å². The Hall–Kier alpha value is -2.25. The molecule has 5 nitrogen and oxygen atoms in total. The number of rotatable bonds is 4. The Bertz CT molecular complexity index is 602. The van der Waals surface area contributed by atoms with Crippen LogP contribution in [0.3, 0.4) is 0 Å². The normalized spacial score (nSPS) is 21.8. The number of carbonyl (C=O) groups excluding carboxylic acids is 1. The molecule has 0 aromatic heterocycles. The van der Waals surface area contributed by atoms with Crippen LogP contribution in [0.4, 0.5) is 23.7 Å². The summed E-state index contributed by atoms with van der Waals surface area (Å²) in [5, 5.41) is 8.77. The molecular formula is C14H14F3NO4. The highest BCUT2D eigenvalue weighted by Crippen LogP contribution is 2.41. The van der Waals surface area contributed by atoms with Crippen molar-refractivity contribution in [3.8, 4) is 0 Å². The summed E-state index contributed by atoms with van der Waals surface area (Å²) in [4.78, 5) is 23.5. The van der Waals surface area contributed by atoms with E-state index >= 15 is 0 Å². The van der Waals surface area contributed by atoms with Crippen molar-refractivity contribution in [1.82, 2.24) is 0 Å². The van der Waals surface area contributed by atoms with Crippen molar-refractivity contribution >= 4 is 17.7 Å². The minimum atomic E-state index is -4.63. The molecule has 120 valence electrons. The van der Waals surface area contributed by atoms with Crippen LogP contribution in [0.15, 0.2) is 24.3 Å². The van der Waals surface area contributed by atoms with Crippen LogP contribution in [0.5, 0.6) is 0 Å². The molecular weight excluding hydrogens is 303 g/mol. The number of hydrogen-bond acceptors (Lipinski definition) is 3. The summed E-state index contributed by atoms with van der Waals surface area (Å²) in [6.45, 7) is 1.35. The lowest BCUT2D eigenvalue weighted by molar-refractivity contribution is -0.138. The smallest absolute Gasteiger partial charge is 0.418 e. The zero-order chi connectivity index (χ0) is 16.5. The molecule has 0 radical (unpaired) electrons. The van der Waals surface area contributed by atoms with Crippen molar-refractivity contribution in [2.45, 2.75) is 31.5 Å². The quantitative estimate of drug-likeness (QED) is 0.925. The number of amides is 1. The van der Waals surface area contributed by atoms with Gasteiger partial charge in [0.2, 0.25) is 0 Å². The van der Waals surface area contributed by atoms with Gasteiger partial charge in [0.25, 0.3) is 0 Å². The lowest BCUT2D eigenvalue weighted by Crippen LogP contribution is -2.46. The second-order valence-electron chi connectivity index (χ2n) is 5.30. The van der Waals surface area contributed by atoms with Crippen molar-refractivity contribution < 1.29 is 32.6 Å². The molecule has 22 heavy (non-hydrogen) atoms. The number of anilines is 1. The maximum absolute atomic E-state index is 13.1. The van der Waals surface area contributed by atoms with E-state index in [1.807, 2.05) is 0 Å². The number of carboxylic acid groups (broad SMARTS) is 1. The summed E-state index contributed by atoms with van der Waals surface area (Å²) in [6.07, 6.45) is -5.84. The lowest BCUT2D eigenvalue weighted by atomic mass is 9.94. The van der Waals surface area contributed by atoms with Gasteiger partial charge < -0.3 is 9.84 Å². The van der Waals surface area contributed by atoms with E-state index in [1.54, 1.807) is 0 Å². The summed E-state index contributed by atoms with van der Waals surface area (Å²) in [5.41, 5.74) is -2.43. The predicted molar refractivity (Wildman–Crippen MR) is 70.5 cm³/mol. The minimum absolute atomic E-state index is 0.0136. The molecule has 1 unspecified atom stereocenters. The number of hydrogen-bond donors (Lipinski definition) is 1. The number of para-hydroxylation sites is 1. The second-order valence-corrected chi connectivity index (χ2v) is 5.30. The van der Waals surface area contributed by atoms with Gasteiger partial charge in [0, 0.05) is 6.42 Å². The van der Waals surface area contributed by atoms with Crippen LogP contribution < -0.4 is 4.90 Å². The van der Waals surface area contributed by atoms with Crippen LogP contribution in [0.25, 0.3) is 0 Å². The lowest BCUT2D eigenvalue weighted by Gasteiger charge is -2.33. The van der Waals surface area contributed by atoms with Crippen molar-refractivity contribution in [2.75, 3.05) is 11.5 Å². The van der Waals surface area contributed by atoms with Crippen LogP contribution in [0.2, 0.25) is 0 Å². The Morgan fingerprint density at radius 3 is 2.64 bits per heavy atom. The van der Waals surface area contributed by atoms with Gasteiger partial charge in [-0.1, -0.05) is 12.1 Å². The summed E-state index contributed by atoms with van der Waals surface area (Å²) in [6, 6.07) is 4.66. The van der Waals surface area contributed by atoms with Gasteiger partial charge in [-0.05, 0) is 25.5 Å². The first-order chi connectivity index (χ1) is 10.1. The Kier molecular flexibility index (Phi) is 4.04. The summed E-state index contributed by atoms with van der Waals surface area (Å²) in [5.74, 6) is -1.09. The molecule has 0 aliphatic carbocycles. The largest absolute Gasteiger partial charge is 0.481 e. The number of benzene rings is 1. The molecule has 2 rings (SSSR count). The van der Waals surface area contributed by atoms with Gasteiger partial charge in [0.1, 0.15) is 6.61 Å². The van der Waals surface area contributed by atoms with Crippen LogP contribution >= 0.6 is 0 Å². The van der Waals surface area contributed by atoms with E-state index in [9.17, 15) is 22.8 Å². The summed E-state index contributed by atoms with van der Waals surface area (Å²) < 4.78 is 44.2. The minimum Gasteiger partial charge on any atom is -0.481 e. The molecule has 1 aliphatic rings. The van der Waals surface area contributed by atoms with E-state index in [4.69, 9.17) is 9.84 Å². The van der Waals surface area contributed by atoms with Gasteiger partial charge in [0.05, 0.1) is 16.8 Å². The fraction of sp³-hybridized carbons (Fsp3) is 0.429. The highest BCUT2D eigenvalue weighted by atomic mass is 19.4. The van der Waals surface area contributed by atoms with Crippen LogP contribution in [-0.2, 0) is 15.7 Å². The highest BCUT2D eigenvalue weighted by molar-refractivity contribution is 5.92. The fourth-order valence-electron chi connectivity index (χ4n) is 2.42. The molecule has 1 heterocycles. The Morgan fingerprint density at radius 1 is 1.41 bits per heavy atom. The Morgan fingerprint density at radius 2 is 2.05 bits per heavy atom. The number of aliphatic carboxylic acids is 1. The Labute approximate surface area is 124 Å². The van der Waals surface area contributed by atoms with E-state index in [0.29, 0.717) is 0 Å². The van der Waals surface area contributed by atoms with Crippen molar-refractivity contribution in [3.63, 3.8) is 0 Å². The first-order valence-corrected chi connectivity index (χ1v) is 6.50. The summed E-state index contributed by atoms with van der Waals surface area (Å²) in [7, 11) is 0. The highest BCUT2D eigenvalue weighted by Gasteiger charge is 2.47. The molecule has 1 fully saturated rings. The number of cyclic esters (lactones) is 1. The predicted octanol–water partition coefficient (Wildman–Crippen LogP) is 3.29. The first kappa shape index (κ1) is 16.1.